The molecule has 1 saturated heterocycles. The number of fused-ring (bicyclic) bond motifs is 1. The van der Waals surface area contributed by atoms with E-state index in [1.165, 1.54) is 12.3 Å². The number of pyridine rings is 1. The average molecular weight is 326 g/mol. The Morgan fingerprint density at radius 1 is 1.35 bits per heavy atom. The van der Waals surface area contributed by atoms with Gasteiger partial charge in [-0.15, -0.1) is 0 Å². The highest BCUT2D eigenvalue weighted by atomic mass is 19.4. The molecule has 1 aromatic carbocycles. The Balaban J connectivity index is 1.97. The summed E-state index contributed by atoms with van der Waals surface area (Å²) in [6.07, 6.45) is -4.89. The number of anilines is 1. The summed E-state index contributed by atoms with van der Waals surface area (Å²) >= 11 is 0. The first-order chi connectivity index (χ1) is 10.9. The number of benzene rings is 1. The van der Waals surface area contributed by atoms with Gasteiger partial charge in [0.25, 0.3) is 0 Å². The van der Waals surface area contributed by atoms with Gasteiger partial charge in [0.05, 0.1) is 24.2 Å². The quantitative estimate of drug-likeness (QED) is 0.919. The van der Waals surface area contributed by atoms with Crippen LogP contribution in [0, 0.1) is 0 Å². The lowest BCUT2D eigenvalue weighted by Gasteiger charge is -2.35. The van der Waals surface area contributed by atoms with Gasteiger partial charge in [-0.3, -0.25) is 4.98 Å². The Kier molecular flexibility index (Phi) is 3.85. The Morgan fingerprint density at radius 2 is 2.13 bits per heavy atom. The number of carbonyl (C=O) groups is 1. The Bertz CT molecular complexity index is 748. The van der Waals surface area contributed by atoms with Crippen molar-refractivity contribution in [3.63, 3.8) is 0 Å². The molecule has 122 valence electrons. The van der Waals surface area contributed by atoms with Crippen LogP contribution in [0.5, 0.6) is 0 Å². The molecule has 1 aliphatic heterocycles. The largest absolute Gasteiger partial charge is 0.478 e. The van der Waals surface area contributed by atoms with Gasteiger partial charge < -0.3 is 14.7 Å². The van der Waals surface area contributed by atoms with Gasteiger partial charge in [-0.05, 0) is 24.3 Å². The number of morpholine rings is 1. The van der Waals surface area contributed by atoms with Gasteiger partial charge in [-0.2, -0.15) is 13.2 Å². The summed E-state index contributed by atoms with van der Waals surface area (Å²) in [5.41, 5.74) is 1.07. The topological polar surface area (TPSA) is 62.7 Å². The summed E-state index contributed by atoms with van der Waals surface area (Å²) in [6, 6.07) is 6.17. The van der Waals surface area contributed by atoms with E-state index in [4.69, 9.17) is 4.74 Å². The number of carboxylic acid groups (broad SMARTS) is 1. The van der Waals surface area contributed by atoms with Crippen molar-refractivity contribution in [2.24, 2.45) is 0 Å². The zero-order chi connectivity index (χ0) is 16.6. The van der Waals surface area contributed by atoms with Crippen LogP contribution in [-0.2, 0) is 4.74 Å². The first-order valence-electron chi connectivity index (χ1n) is 6.91. The predicted molar refractivity (Wildman–Crippen MR) is 76.7 cm³/mol. The second kappa shape index (κ2) is 5.69. The fourth-order valence-electron chi connectivity index (χ4n) is 2.60. The molecule has 0 saturated carbocycles. The fraction of sp³-hybridized carbons (Fsp3) is 0.333. The molecule has 0 spiro atoms. The van der Waals surface area contributed by atoms with Gasteiger partial charge in [-0.1, -0.05) is 0 Å². The maximum Gasteiger partial charge on any atom is 0.416 e. The number of alkyl halides is 3. The lowest BCUT2D eigenvalue weighted by Crippen LogP contribution is -2.49. The van der Waals surface area contributed by atoms with Crippen LogP contribution < -0.4 is 4.90 Å². The van der Waals surface area contributed by atoms with Crippen molar-refractivity contribution < 1.29 is 27.8 Å². The first kappa shape index (κ1) is 15.5. The number of halogens is 3. The van der Waals surface area contributed by atoms with Gasteiger partial charge in [0.2, 0.25) is 0 Å². The molecule has 0 bridgehead atoms. The van der Waals surface area contributed by atoms with E-state index in [1.807, 2.05) is 0 Å². The lowest BCUT2D eigenvalue weighted by atomic mass is 10.1. The summed E-state index contributed by atoms with van der Waals surface area (Å²) in [5.74, 6) is -1.11. The molecule has 2 heterocycles. The summed E-state index contributed by atoms with van der Waals surface area (Å²) < 4.78 is 43.2. The summed E-state index contributed by atoms with van der Waals surface area (Å²) in [5, 5.41) is 9.62. The van der Waals surface area contributed by atoms with Crippen LogP contribution in [0.4, 0.5) is 18.9 Å². The Hall–Kier alpha value is -2.35. The van der Waals surface area contributed by atoms with Crippen LogP contribution >= 0.6 is 0 Å². The predicted octanol–water partition coefficient (Wildman–Crippen LogP) is 2.70. The first-order valence-corrected chi connectivity index (χ1v) is 6.91. The van der Waals surface area contributed by atoms with E-state index in [0.29, 0.717) is 23.1 Å². The molecule has 8 heteroatoms. The molecule has 1 fully saturated rings. The van der Waals surface area contributed by atoms with E-state index < -0.39 is 18.2 Å². The highest BCUT2D eigenvalue weighted by Gasteiger charge is 2.43. The third-order valence-electron chi connectivity index (χ3n) is 3.75. The molecule has 1 atom stereocenters. The van der Waals surface area contributed by atoms with Crippen molar-refractivity contribution in [3.05, 3.63) is 36.0 Å². The zero-order valence-corrected chi connectivity index (χ0v) is 11.9. The van der Waals surface area contributed by atoms with Crippen molar-refractivity contribution in [1.29, 1.82) is 0 Å². The van der Waals surface area contributed by atoms with Gasteiger partial charge in [0.15, 0.2) is 6.10 Å². The zero-order valence-electron chi connectivity index (χ0n) is 11.9. The normalized spacial score (nSPS) is 19.1. The summed E-state index contributed by atoms with van der Waals surface area (Å²) in [7, 11) is 0. The highest BCUT2D eigenvalue weighted by molar-refractivity contribution is 6.03. The molecule has 5 nitrogen and oxygen atoms in total. The Morgan fingerprint density at radius 3 is 2.83 bits per heavy atom. The third kappa shape index (κ3) is 3.07. The molecule has 0 radical (unpaired) electrons. The van der Waals surface area contributed by atoms with Gasteiger partial charge in [0.1, 0.15) is 0 Å². The second-order valence-electron chi connectivity index (χ2n) is 5.21. The molecular formula is C15H13F3N2O3. The fourth-order valence-corrected chi connectivity index (χ4v) is 2.60. The number of hydrogen-bond donors (Lipinski definition) is 1. The minimum absolute atomic E-state index is 0.0406. The molecule has 1 aromatic heterocycles. The van der Waals surface area contributed by atoms with E-state index in [-0.39, 0.29) is 18.7 Å². The molecule has 0 aliphatic carbocycles. The summed E-state index contributed by atoms with van der Waals surface area (Å²) in [4.78, 5) is 16.9. The number of aromatic carboxylic acids is 1. The van der Waals surface area contributed by atoms with Gasteiger partial charge in [0, 0.05) is 23.8 Å². The number of nitrogens with zero attached hydrogens (tertiary/aromatic N) is 2. The number of aromatic nitrogens is 1. The van der Waals surface area contributed by atoms with Crippen molar-refractivity contribution in [2.75, 3.05) is 24.6 Å². The van der Waals surface area contributed by atoms with E-state index in [2.05, 4.69) is 4.98 Å². The smallest absolute Gasteiger partial charge is 0.416 e. The van der Waals surface area contributed by atoms with Crippen LogP contribution in [0.1, 0.15) is 10.4 Å². The number of hydrogen-bond acceptors (Lipinski definition) is 4. The van der Waals surface area contributed by atoms with Crippen LogP contribution in [0.15, 0.2) is 30.5 Å². The molecule has 2 aromatic rings. The summed E-state index contributed by atoms with van der Waals surface area (Å²) in [6.45, 7) is -0.0561. The highest BCUT2D eigenvalue weighted by Crippen LogP contribution is 2.30. The average Bonchev–Trinajstić information content (AvgIpc) is 2.53. The van der Waals surface area contributed by atoms with Crippen molar-refractivity contribution in [3.8, 4) is 0 Å². The van der Waals surface area contributed by atoms with Gasteiger partial charge >= 0.3 is 12.1 Å². The van der Waals surface area contributed by atoms with Crippen molar-refractivity contribution >= 4 is 22.6 Å². The SMILES string of the molecule is O=C(O)c1ccnc2ccc(N3CCOC(C(F)(F)F)C3)cc12. The van der Waals surface area contributed by atoms with E-state index in [1.54, 1.807) is 23.1 Å². The molecule has 3 rings (SSSR count). The lowest BCUT2D eigenvalue weighted by molar-refractivity contribution is -0.221. The van der Waals surface area contributed by atoms with Crippen LogP contribution in [0.3, 0.4) is 0 Å². The van der Waals surface area contributed by atoms with Gasteiger partial charge in [-0.25, -0.2) is 4.79 Å². The van der Waals surface area contributed by atoms with E-state index in [9.17, 15) is 23.1 Å². The molecule has 1 aliphatic rings. The molecule has 0 amide bonds. The number of carboxylic acids is 1. The maximum atomic E-state index is 12.8. The van der Waals surface area contributed by atoms with Crippen LogP contribution in [0.25, 0.3) is 10.9 Å². The monoisotopic (exact) mass is 326 g/mol. The molecular weight excluding hydrogens is 313 g/mol. The molecule has 1 N–H and O–H groups in total. The molecule has 1 unspecified atom stereocenters. The maximum absolute atomic E-state index is 12.8. The Labute approximate surface area is 129 Å². The minimum atomic E-state index is -4.43. The van der Waals surface area contributed by atoms with Crippen molar-refractivity contribution in [2.45, 2.75) is 12.3 Å². The second-order valence-corrected chi connectivity index (χ2v) is 5.21. The van der Waals surface area contributed by atoms with E-state index >= 15 is 0 Å². The van der Waals surface area contributed by atoms with Crippen molar-refractivity contribution in [1.82, 2.24) is 4.98 Å². The number of rotatable bonds is 2. The van der Waals surface area contributed by atoms with Crippen LogP contribution in [-0.4, -0.2) is 48.0 Å². The van der Waals surface area contributed by atoms with Crippen LogP contribution in [0.2, 0.25) is 0 Å². The third-order valence-corrected chi connectivity index (χ3v) is 3.75. The standard InChI is InChI=1S/C15H13F3N2O3/c16-15(17,18)13-8-20(5-6-23-13)9-1-2-12-11(7-9)10(14(21)22)3-4-19-12/h1-4,7,13H,5-6,8H2,(H,21,22). The van der Waals surface area contributed by atoms with E-state index in [0.717, 1.165) is 0 Å². The minimum Gasteiger partial charge on any atom is -0.478 e. The molecule has 23 heavy (non-hydrogen) atoms. The number of ether oxygens (including phenoxy) is 1.